The predicted molar refractivity (Wildman–Crippen MR) is 124 cm³/mol. The van der Waals surface area contributed by atoms with E-state index in [0.29, 0.717) is 12.1 Å². The number of fused-ring (bicyclic) bond motifs is 1. The van der Waals surface area contributed by atoms with Crippen molar-refractivity contribution in [2.45, 2.75) is 37.0 Å². The normalized spacial score (nSPS) is 15.1. The van der Waals surface area contributed by atoms with Gasteiger partial charge in [-0.3, -0.25) is 14.4 Å². The lowest BCUT2D eigenvalue weighted by molar-refractivity contribution is -0.143. The van der Waals surface area contributed by atoms with Crippen LogP contribution in [0, 0.1) is 13.8 Å². The number of carbonyl (C=O) groups is 3. The number of aryl methyl sites for hydroxylation is 1. The molecule has 0 unspecified atom stereocenters. The molecule has 0 aliphatic carbocycles. The molecule has 7 heteroatoms. The quantitative estimate of drug-likeness (QED) is 0.429. The molecule has 0 radical (unpaired) electrons. The Bertz CT molecular complexity index is 1170. The molecule has 1 atom stereocenters. The summed E-state index contributed by atoms with van der Waals surface area (Å²) in [5, 5.41) is 2.23. The van der Waals surface area contributed by atoms with E-state index in [4.69, 9.17) is 4.74 Å². The topological polar surface area (TPSA) is 77.4 Å². The molecule has 1 N–H and O–H groups in total. The van der Waals surface area contributed by atoms with Crippen molar-refractivity contribution < 1.29 is 19.1 Å². The summed E-state index contributed by atoms with van der Waals surface area (Å²) in [5.41, 5.74) is 4.24. The van der Waals surface area contributed by atoms with Gasteiger partial charge >= 0.3 is 5.97 Å². The van der Waals surface area contributed by atoms with Crippen molar-refractivity contribution >= 4 is 35.1 Å². The number of carbonyl (C=O) groups excluding carboxylic acids is 3. The van der Waals surface area contributed by atoms with Crippen LogP contribution in [0.25, 0.3) is 0 Å². The number of para-hydroxylation sites is 1. The van der Waals surface area contributed by atoms with Crippen molar-refractivity contribution in [3.8, 4) is 0 Å². The number of ketones is 1. The average molecular weight is 449 g/mol. The van der Waals surface area contributed by atoms with Gasteiger partial charge in [0.05, 0.1) is 17.4 Å². The Hall–Kier alpha value is -3.32. The van der Waals surface area contributed by atoms with Crippen molar-refractivity contribution in [1.29, 1.82) is 0 Å². The second-order valence-corrected chi connectivity index (χ2v) is 8.98. The number of ether oxygens (including phenoxy) is 1. The summed E-state index contributed by atoms with van der Waals surface area (Å²) in [6.07, 6.45) is -0.0921. The minimum atomic E-state index is -0.580. The molecule has 0 fully saturated rings. The Morgan fingerprint density at radius 1 is 1.06 bits per heavy atom. The smallest absolute Gasteiger partial charge is 0.307 e. The fourth-order valence-electron chi connectivity index (χ4n) is 3.75. The highest BCUT2D eigenvalue weighted by Crippen LogP contribution is 2.36. The molecule has 6 nitrogen and oxygen atoms in total. The molecule has 32 heavy (non-hydrogen) atoms. The molecule has 0 spiro atoms. The Balaban J connectivity index is 1.35. The van der Waals surface area contributed by atoms with E-state index in [1.807, 2.05) is 74.5 Å². The number of aromatic nitrogens is 1. The Morgan fingerprint density at radius 2 is 1.78 bits per heavy atom. The van der Waals surface area contributed by atoms with Gasteiger partial charge in [0.2, 0.25) is 11.7 Å². The van der Waals surface area contributed by atoms with E-state index in [1.54, 1.807) is 0 Å². The molecule has 3 aromatic rings. The number of nitrogens with one attached hydrogen (secondary N) is 1. The van der Waals surface area contributed by atoms with E-state index in [9.17, 15) is 14.4 Å². The minimum absolute atomic E-state index is 0.0921. The summed E-state index contributed by atoms with van der Waals surface area (Å²) in [5.74, 6) is -1.05. The van der Waals surface area contributed by atoms with Crippen molar-refractivity contribution in [3.63, 3.8) is 0 Å². The molecule has 1 aliphatic heterocycles. The molecule has 1 amide bonds. The summed E-state index contributed by atoms with van der Waals surface area (Å²) in [6, 6.07) is 19.3. The Kier molecular flexibility index (Phi) is 6.46. The van der Waals surface area contributed by atoms with Crippen LogP contribution in [0.1, 0.15) is 33.7 Å². The van der Waals surface area contributed by atoms with Gasteiger partial charge in [0, 0.05) is 28.4 Å². The predicted octanol–water partition coefficient (Wildman–Crippen LogP) is 4.38. The number of anilines is 1. The number of thioether (sulfide) groups is 1. The van der Waals surface area contributed by atoms with Gasteiger partial charge in [-0.2, -0.15) is 0 Å². The second kappa shape index (κ2) is 9.44. The van der Waals surface area contributed by atoms with Crippen molar-refractivity contribution in [2.24, 2.45) is 0 Å². The number of amides is 1. The van der Waals surface area contributed by atoms with E-state index in [0.717, 1.165) is 27.5 Å². The highest BCUT2D eigenvalue weighted by molar-refractivity contribution is 8.01. The van der Waals surface area contributed by atoms with Crippen molar-refractivity contribution in [1.82, 2.24) is 4.57 Å². The van der Waals surface area contributed by atoms with Crippen LogP contribution in [0.5, 0.6) is 0 Å². The number of benzene rings is 2. The van der Waals surface area contributed by atoms with Gasteiger partial charge in [0.15, 0.2) is 6.61 Å². The van der Waals surface area contributed by atoms with Crippen LogP contribution >= 0.6 is 11.8 Å². The zero-order valence-electron chi connectivity index (χ0n) is 18.0. The first-order valence-corrected chi connectivity index (χ1v) is 11.3. The first-order valence-electron chi connectivity index (χ1n) is 10.4. The zero-order valence-corrected chi connectivity index (χ0v) is 18.8. The van der Waals surface area contributed by atoms with Crippen molar-refractivity contribution in [3.05, 3.63) is 83.2 Å². The van der Waals surface area contributed by atoms with Crippen LogP contribution in [0.15, 0.2) is 65.6 Å². The van der Waals surface area contributed by atoms with E-state index >= 15 is 0 Å². The third kappa shape index (κ3) is 4.78. The fraction of sp³-hybridized carbons (Fsp3) is 0.240. The van der Waals surface area contributed by atoms with Gasteiger partial charge in [-0.25, -0.2) is 0 Å². The van der Waals surface area contributed by atoms with Crippen LogP contribution in [0.2, 0.25) is 0 Å². The van der Waals surface area contributed by atoms with Crippen LogP contribution in [-0.4, -0.2) is 34.1 Å². The average Bonchev–Trinajstić information content (AvgIpc) is 3.07. The summed E-state index contributed by atoms with van der Waals surface area (Å²) in [6.45, 7) is 4.17. The Morgan fingerprint density at radius 3 is 2.56 bits per heavy atom. The molecule has 0 bridgehead atoms. The van der Waals surface area contributed by atoms with E-state index in [1.165, 1.54) is 11.8 Å². The molecule has 0 saturated carbocycles. The molecular formula is C25H24N2O4S. The number of nitrogens with zero attached hydrogens (tertiary/aromatic N) is 1. The maximum Gasteiger partial charge on any atom is 0.307 e. The van der Waals surface area contributed by atoms with E-state index in [2.05, 4.69) is 9.88 Å². The lowest BCUT2D eigenvalue weighted by atomic mass is 10.1. The lowest BCUT2D eigenvalue weighted by Crippen LogP contribution is -2.31. The van der Waals surface area contributed by atoms with E-state index in [-0.39, 0.29) is 24.7 Å². The highest BCUT2D eigenvalue weighted by Gasteiger charge is 2.29. The van der Waals surface area contributed by atoms with Gasteiger partial charge in [0.1, 0.15) is 0 Å². The van der Waals surface area contributed by atoms with Gasteiger partial charge in [-0.05, 0) is 37.6 Å². The van der Waals surface area contributed by atoms with E-state index < -0.39 is 11.2 Å². The van der Waals surface area contributed by atoms with Gasteiger partial charge in [-0.15, -0.1) is 11.8 Å². The standard InChI is InChI=1S/C25H24N2O4S/c1-16-12-19(17(2)27(16)14-18-8-4-3-5-9-18)21(28)15-31-24(29)13-23-25(30)26-20-10-6-7-11-22(20)32-23/h3-12,23H,13-15H2,1-2H3,(H,26,30)/t23-/m1/s1. The second-order valence-electron chi connectivity index (χ2n) is 7.74. The SMILES string of the molecule is Cc1cc(C(=O)COC(=O)C[C@H]2Sc3ccccc3NC2=O)c(C)n1Cc1ccccc1. The third-order valence-corrected chi connectivity index (χ3v) is 6.76. The first-order chi connectivity index (χ1) is 15.4. The molecule has 2 aromatic carbocycles. The molecule has 164 valence electrons. The van der Waals surface area contributed by atoms with Crippen LogP contribution in [0.4, 0.5) is 5.69 Å². The summed E-state index contributed by atoms with van der Waals surface area (Å²) < 4.78 is 7.30. The molecule has 2 heterocycles. The van der Waals surface area contributed by atoms with Crippen LogP contribution in [0.3, 0.4) is 0 Å². The lowest BCUT2D eigenvalue weighted by Gasteiger charge is -2.23. The molecule has 1 aromatic heterocycles. The number of hydrogen-bond acceptors (Lipinski definition) is 5. The largest absolute Gasteiger partial charge is 0.457 e. The third-order valence-electron chi connectivity index (χ3n) is 5.48. The maximum atomic E-state index is 12.7. The molecular weight excluding hydrogens is 424 g/mol. The highest BCUT2D eigenvalue weighted by atomic mass is 32.2. The van der Waals surface area contributed by atoms with Crippen molar-refractivity contribution in [2.75, 3.05) is 11.9 Å². The van der Waals surface area contributed by atoms with Gasteiger partial charge in [0.25, 0.3) is 0 Å². The zero-order chi connectivity index (χ0) is 22.7. The van der Waals surface area contributed by atoms with Gasteiger partial charge < -0.3 is 14.6 Å². The van der Waals surface area contributed by atoms with Crippen LogP contribution < -0.4 is 5.32 Å². The minimum Gasteiger partial charge on any atom is -0.457 e. The number of rotatable bonds is 7. The molecule has 0 saturated heterocycles. The fourth-order valence-corrected chi connectivity index (χ4v) is 4.85. The number of Topliss-reactive ketones (excluding diaryl/α,β-unsaturated/α-hetero) is 1. The summed E-state index contributed by atoms with van der Waals surface area (Å²) >= 11 is 1.33. The summed E-state index contributed by atoms with van der Waals surface area (Å²) in [4.78, 5) is 38.2. The summed E-state index contributed by atoms with van der Waals surface area (Å²) in [7, 11) is 0. The van der Waals surface area contributed by atoms with Crippen LogP contribution in [-0.2, 0) is 20.9 Å². The molecule has 1 aliphatic rings. The number of esters is 1. The monoisotopic (exact) mass is 448 g/mol. The maximum absolute atomic E-state index is 12.7. The Labute approximate surface area is 191 Å². The molecule has 4 rings (SSSR count). The number of hydrogen-bond donors (Lipinski definition) is 1. The van der Waals surface area contributed by atoms with Gasteiger partial charge in [-0.1, -0.05) is 42.5 Å². The first kappa shape index (κ1) is 21.9.